The van der Waals surface area contributed by atoms with E-state index in [4.69, 9.17) is 10.5 Å². The SMILES string of the molecule is CCOC(CN)CN1CCN(c2ccccn2)CC1. The maximum absolute atomic E-state index is 5.72. The van der Waals surface area contributed by atoms with E-state index in [0.717, 1.165) is 45.1 Å². The van der Waals surface area contributed by atoms with Gasteiger partial charge in [-0.2, -0.15) is 0 Å². The topological polar surface area (TPSA) is 54.6 Å². The molecule has 19 heavy (non-hydrogen) atoms. The first-order valence-corrected chi connectivity index (χ1v) is 7.03. The number of pyridine rings is 1. The van der Waals surface area contributed by atoms with Crippen LogP contribution < -0.4 is 10.6 Å². The molecule has 2 heterocycles. The molecule has 1 fully saturated rings. The summed E-state index contributed by atoms with van der Waals surface area (Å²) in [6.07, 6.45) is 2.01. The zero-order chi connectivity index (χ0) is 13.5. The van der Waals surface area contributed by atoms with Gasteiger partial charge in [0.1, 0.15) is 5.82 Å². The van der Waals surface area contributed by atoms with Gasteiger partial charge < -0.3 is 15.4 Å². The molecule has 1 atom stereocenters. The molecule has 1 aromatic rings. The minimum absolute atomic E-state index is 0.159. The van der Waals surface area contributed by atoms with E-state index in [1.807, 2.05) is 25.3 Å². The Balaban J connectivity index is 1.79. The summed E-state index contributed by atoms with van der Waals surface area (Å²) in [4.78, 5) is 9.15. The lowest BCUT2D eigenvalue weighted by molar-refractivity contribution is 0.0379. The maximum atomic E-state index is 5.72. The van der Waals surface area contributed by atoms with Crippen LogP contribution >= 0.6 is 0 Å². The third kappa shape index (κ3) is 4.16. The van der Waals surface area contributed by atoms with Crippen molar-refractivity contribution in [2.24, 2.45) is 5.73 Å². The molecule has 0 spiro atoms. The normalized spacial score (nSPS) is 18.5. The number of aromatic nitrogens is 1. The highest BCUT2D eigenvalue weighted by Crippen LogP contribution is 2.12. The van der Waals surface area contributed by atoms with E-state index < -0.39 is 0 Å². The molecule has 2 rings (SSSR count). The van der Waals surface area contributed by atoms with Gasteiger partial charge in [0.05, 0.1) is 6.10 Å². The summed E-state index contributed by atoms with van der Waals surface area (Å²) < 4.78 is 5.61. The predicted octanol–water partition coefficient (Wildman–Crippen LogP) is 0.567. The standard InChI is InChI=1S/C14H24N4O/c1-2-19-13(11-15)12-17-7-9-18(10-8-17)14-5-3-4-6-16-14/h3-6,13H,2,7-12,15H2,1H3. The van der Waals surface area contributed by atoms with Crippen molar-refractivity contribution in [1.82, 2.24) is 9.88 Å². The van der Waals surface area contributed by atoms with Crippen molar-refractivity contribution in [3.8, 4) is 0 Å². The Bertz CT molecular complexity index is 352. The molecule has 1 saturated heterocycles. The average molecular weight is 264 g/mol. The van der Waals surface area contributed by atoms with Gasteiger partial charge in [-0.1, -0.05) is 6.07 Å². The van der Waals surface area contributed by atoms with Crippen molar-refractivity contribution in [2.45, 2.75) is 13.0 Å². The molecular weight excluding hydrogens is 240 g/mol. The maximum Gasteiger partial charge on any atom is 0.128 e. The highest BCUT2D eigenvalue weighted by molar-refractivity contribution is 5.38. The summed E-state index contributed by atoms with van der Waals surface area (Å²) in [5.41, 5.74) is 5.72. The van der Waals surface area contributed by atoms with Crippen molar-refractivity contribution in [3.63, 3.8) is 0 Å². The third-order valence-corrected chi connectivity index (χ3v) is 3.47. The Kier molecular flexibility index (Phi) is 5.57. The van der Waals surface area contributed by atoms with Gasteiger partial charge in [0.25, 0.3) is 0 Å². The van der Waals surface area contributed by atoms with Gasteiger partial charge in [0.15, 0.2) is 0 Å². The van der Waals surface area contributed by atoms with E-state index in [9.17, 15) is 0 Å². The molecule has 5 nitrogen and oxygen atoms in total. The van der Waals surface area contributed by atoms with Crippen molar-refractivity contribution in [2.75, 3.05) is 50.8 Å². The van der Waals surface area contributed by atoms with Gasteiger partial charge >= 0.3 is 0 Å². The zero-order valence-corrected chi connectivity index (χ0v) is 11.7. The van der Waals surface area contributed by atoms with E-state index in [-0.39, 0.29) is 6.10 Å². The molecule has 0 aliphatic carbocycles. The van der Waals surface area contributed by atoms with Gasteiger partial charge in [-0.15, -0.1) is 0 Å². The monoisotopic (exact) mass is 264 g/mol. The van der Waals surface area contributed by atoms with Gasteiger partial charge in [-0.25, -0.2) is 4.98 Å². The minimum atomic E-state index is 0.159. The largest absolute Gasteiger partial charge is 0.376 e. The van der Waals surface area contributed by atoms with Crippen molar-refractivity contribution >= 4 is 5.82 Å². The van der Waals surface area contributed by atoms with Crippen LogP contribution in [-0.2, 0) is 4.74 Å². The number of hydrogen-bond acceptors (Lipinski definition) is 5. The number of hydrogen-bond donors (Lipinski definition) is 1. The fourth-order valence-electron chi connectivity index (χ4n) is 2.42. The lowest BCUT2D eigenvalue weighted by Gasteiger charge is -2.36. The second-order valence-corrected chi connectivity index (χ2v) is 4.79. The summed E-state index contributed by atoms with van der Waals surface area (Å²) in [7, 11) is 0. The number of anilines is 1. The molecule has 1 aromatic heterocycles. The Morgan fingerprint density at radius 3 is 2.68 bits per heavy atom. The molecule has 1 aliphatic heterocycles. The first-order valence-electron chi connectivity index (χ1n) is 7.03. The van der Waals surface area contributed by atoms with Crippen LogP contribution in [0.5, 0.6) is 0 Å². The second kappa shape index (κ2) is 7.43. The quantitative estimate of drug-likeness (QED) is 0.814. The summed E-state index contributed by atoms with van der Waals surface area (Å²) in [6, 6.07) is 6.06. The lowest BCUT2D eigenvalue weighted by atomic mass is 10.2. The fourth-order valence-corrected chi connectivity index (χ4v) is 2.42. The van der Waals surface area contributed by atoms with Gasteiger partial charge in [0.2, 0.25) is 0 Å². The van der Waals surface area contributed by atoms with Crippen LogP contribution in [0.25, 0.3) is 0 Å². The number of ether oxygens (including phenoxy) is 1. The zero-order valence-electron chi connectivity index (χ0n) is 11.7. The van der Waals surface area contributed by atoms with Crippen molar-refractivity contribution in [3.05, 3.63) is 24.4 Å². The Morgan fingerprint density at radius 2 is 2.11 bits per heavy atom. The van der Waals surface area contributed by atoms with Crippen LogP contribution in [0.3, 0.4) is 0 Å². The molecular formula is C14H24N4O. The van der Waals surface area contributed by atoms with Gasteiger partial charge in [-0.3, -0.25) is 4.90 Å². The summed E-state index contributed by atoms with van der Waals surface area (Å²) >= 11 is 0. The van der Waals surface area contributed by atoms with Crippen LogP contribution in [0.1, 0.15) is 6.92 Å². The number of nitrogens with two attached hydrogens (primary N) is 1. The van der Waals surface area contributed by atoms with Crippen molar-refractivity contribution < 1.29 is 4.74 Å². The Morgan fingerprint density at radius 1 is 1.32 bits per heavy atom. The van der Waals surface area contributed by atoms with E-state index in [1.54, 1.807) is 0 Å². The predicted molar refractivity (Wildman–Crippen MR) is 77.4 cm³/mol. The third-order valence-electron chi connectivity index (χ3n) is 3.47. The first-order chi connectivity index (χ1) is 9.33. The minimum Gasteiger partial charge on any atom is -0.376 e. The summed E-state index contributed by atoms with van der Waals surface area (Å²) in [6.45, 7) is 8.38. The van der Waals surface area contributed by atoms with E-state index in [0.29, 0.717) is 6.54 Å². The van der Waals surface area contributed by atoms with Gasteiger partial charge in [0, 0.05) is 52.1 Å². The second-order valence-electron chi connectivity index (χ2n) is 4.79. The Hall–Kier alpha value is -1.17. The van der Waals surface area contributed by atoms with Crippen LogP contribution in [-0.4, -0.2) is 61.9 Å². The molecule has 0 radical (unpaired) electrons. The van der Waals surface area contributed by atoms with Crippen molar-refractivity contribution in [1.29, 1.82) is 0 Å². The molecule has 1 unspecified atom stereocenters. The molecule has 0 amide bonds. The molecule has 1 aliphatic rings. The number of nitrogens with zero attached hydrogens (tertiary/aromatic N) is 3. The summed E-state index contributed by atoms with van der Waals surface area (Å²) in [5, 5.41) is 0. The molecule has 0 bridgehead atoms. The lowest BCUT2D eigenvalue weighted by Crippen LogP contribution is -2.50. The fraction of sp³-hybridized carbons (Fsp3) is 0.643. The first kappa shape index (κ1) is 14.2. The van der Waals surface area contributed by atoms with Crippen LogP contribution in [0.2, 0.25) is 0 Å². The Labute approximate surface area is 115 Å². The van der Waals surface area contributed by atoms with Gasteiger partial charge in [-0.05, 0) is 19.1 Å². The molecule has 0 aromatic carbocycles. The molecule has 0 saturated carbocycles. The summed E-state index contributed by atoms with van der Waals surface area (Å²) in [5.74, 6) is 1.07. The van der Waals surface area contributed by atoms with E-state index in [1.165, 1.54) is 0 Å². The number of rotatable bonds is 6. The van der Waals surface area contributed by atoms with Crippen LogP contribution in [0.15, 0.2) is 24.4 Å². The highest BCUT2D eigenvalue weighted by Gasteiger charge is 2.20. The number of piperazine rings is 1. The molecule has 5 heteroatoms. The highest BCUT2D eigenvalue weighted by atomic mass is 16.5. The van der Waals surface area contributed by atoms with E-state index in [2.05, 4.69) is 20.9 Å². The molecule has 2 N–H and O–H groups in total. The van der Waals surface area contributed by atoms with Crippen LogP contribution in [0.4, 0.5) is 5.82 Å². The average Bonchev–Trinajstić information content (AvgIpc) is 2.48. The van der Waals surface area contributed by atoms with Crippen LogP contribution in [0, 0.1) is 0 Å². The smallest absolute Gasteiger partial charge is 0.128 e. The van der Waals surface area contributed by atoms with E-state index >= 15 is 0 Å². The molecule has 106 valence electrons.